The molecule has 132 valence electrons. The second-order valence-electron chi connectivity index (χ2n) is 6.29. The molecule has 0 spiro atoms. The summed E-state index contributed by atoms with van der Waals surface area (Å²) in [6.07, 6.45) is 1.00. The number of halogens is 1. The number of rotatable bonds is 7. The van der Waals surface area contributed by atoms with E-state index in [9.17, 15) is 14.0 Å². The number of likely N-dealkylation sites (N-methyl/N-ethyl adjacent to an activating group) is 1. The average molecular weight is 343 g/mol. The lowest BCUT2D eigenvalue weighted by Crippen LogP contribution is -2.52. The highest BCUT2D eigenvalue weighted by atomic mass is 19.1. The van der Waals surface area contributed by atoms with Gasteiger partial charge in [-0.25, -0.2) is 9.18 Å². The Morgan fingerprint density at radius 1 is 1.00 bits per heavy atom. The smallest absolute Gasteiger partial charge is 0.335 e. The minimum absolute atomic E-state index is 0.0812. The van der Waals surface area contributed by atoms with Crippen LogP contribution in [-0.2, 0) is 6.42 Å². The quantitative estimate of drug-likeness (QED) is 0.780. The van der Waals surface area contributed by atoms with Crippen molar-refractivity contribution in [2.45, 2.75) is 25.3 Å². The van der Waals surface area contributed by atoms with Gasteiger partial charge in [-0.2, -0.15) is 0 Å². The Morgan fingerprint density at radius 3 is 1.96 bits per heavy atom. The number of carbonyl (C=O) groups is 2. The van der Waals surface area contributed by atoms with Crippen LogP contribution in [0.3, 0.4) is 0 Å². The van der Waals surface area contributed by atoms with Crippen LogP contribution in [0.4, 0.5) is 4.39 Å². The van der Waals surface area contributed by atoms with E-state index in [4.69, 9.17) is 5.11 Å². The molecule has 0 aliphatic carbocycles. The average Bonchev–Trinajstić information content (AvgIpc) is 2.60. The topological polar surface area (TPSA) is 57.6 Å². The second kappa shape index (κ2) is 7.57. The fraction of sp³-hybridized carbons (Fsp3) is 0.300. The Morgan fingerprint density at radius 2 is 1.52 bits per heavy atom. The van der Waals surface area contributed by atoms with Gasteiger partial charge in [0.15, 0.2) is 5.78 Å². The first-order valence-corrected chi connectivity index (χ1v) is 8.10. The van der Waals surface area contributed by atoms with Crippen molar-refractivity contribution in [3.63, 3.8) is 0 Å². The number of Topliss-reactive ketones (excluding diaryl/α,β-unsaturated/α-hetero) is 1. The fourth-order valence-corrected chi connectivity index (χ4v) is 3.02. The lowest BCUT2D eigenvalue weighted by atomic mass is 9.80. The summed E-state index contributed by atoms with van der Waals surface area (Å²) < 4.78 is 13.2. The van der Waals surface area contributed by atoms with Crippen molar-refractivity contribution in [1.29, 1.82) is 0 Å². The van der Waals surface area contributed by atoms with Gasteiger partial charge in [-0.3, -0.25) is 9.69 Å². The molecule has 0 aliphatic rings. The Hall–Kier alpha value is -2.53. The molecule has 0 amide bonds. The first kappa shape index (κ1) is 18.8. The van der Waals surface area contributed by atoms with Crippen LogP contribution in [0.5, 0.6) is 0 Å². The molecule has 0 fully saturated rings. The van der Waals surface area contributed by atoms with Gasteiger partial charge in [-0.15, -0.1) is 0 Å². The summed E-state index contributed by atoms with van der Waals surface area (Å²) in [5.74, 6) is -1.45. The van der Waals surface area contributed by atoms with Crippen LogP contribution in [0.15, 0.2) is 48.5 Å². The van der Waals surface area contributed by atoms with E-state index >= 15 is 0 Å². The van der Waals surface area contributed by atoms with Crippen molar-refractivity contribution < 1.29 is 19.1 Å². The summed E-state index contributed by atoms with van der Waals surface area (Å²) >= 11 is 0. The van der Waals surface area contributed by atoms with Crippen molar-refractivity contribution in [2.75, 3.05) is 14.1 Å². The molecule has 0 bridgehead atoms. The molecule has 0 aromatic heterocycles. The molecule has 1 atom stereocenters. The third kappa shape index (κ3) is 3.94. The molecule has 1 unspecified atom stereocenters. The summed E-state index contributed by atoms with van der Waals surface area (Å²) in [6.45, 7) is 1.94. The molecule has 2 aromatic rings. The number of carboxylic acids is 1. The molecule has 25 heavy (non-hydrogen) atoms. The number of aromatic carboxylic acids is 1. The maximum absolute atomic E-state index is 13.2. The molecule has 0 radical (unpaired) electrons. The van der Waals surface area contributed by atoms with Gasteiger partial charge in [0.1, 0.15) is 5.82 Å². The molecule has 4 nitrogen and oxygen atoms in total. The van der Waals surface area contributed by atoms with Crippen molar-refractivity contribution in [1.82, 2.24) is 4.90 Å². The normalized spacial score (nSPS) is 13.5. The molecule has 0 heterocycles. The monoisotopic (exact) mass is 343 g/mol. The van der Waals surface area contributed by atoms with Crippen LogP contribution in [0.1, 0.15) is 39.6 Å². The van der Waals surface area contributed by atoms with Crippen LogP contribution in [0, 0.1) is 5.82 Å². The Labute approximate surface area is 146 Å². The maximum atomic E-state index is 13.2. The minimum atomic E-state index is -0.983. The summed E-state index contributed by atoms with van der Waals surface area (Å²) in [5, 5.41) is 9.01. The van der Waals surface area contributed by atoms with Crippen molar-refractivity contribution in [3.05, 3.63) is 71.0 Å². The second-order valence-corrected chi connectivity index (χ2v) is 6.29. The first-order chi connectivity index (χ1) is 11.8. The minimum Gasteiger partial charge on any atom is -0.478 e. The Kier molecular flexibility index (Phi) is 5.69. The van der Waals surface area contributed by atoms with Gasteiger partial charge in [0, 0.05) is 5.56 Å². The maximum Gasteiger partial charge on any atom is 0.335 e. The number of carbonyl (C=O) groups excluding carboxylic acids is 1. The van der Waals surface area contributed by atoms with E-state index in [1.165, 1.54) is 36.4 Å². The van der Waals surface area contributed by atoms with E-state index in [-0.39, 0.29) is 17.2 Å². The number of benzene rings is 2. The van der Waals surface area contributed by atoms with E-state index in [1.54, 1.807) is 12.1 Å². The third-order valence-electron chi connectivity index (χ3n) is 4.67. The molecule has 2 rings (SSSR count). The number of hydrogen-bond acceptors (Lipinski definition) is 3. The lowest BCUT2D eigenvalue weighted by molar-refractivity contribution is 0.0663. The molecule has 0 saturated carbocycles. The SMILES string of the molecule is CCC(Cc1ccc(C(=O)O)cc1)(C(=O)c1ccc(F)cc1)N(C)C. The van der Waals surface area contributed by atoms with Crippen molar-refractivity contribution in [3.8, 4) is 0 Å². The molecular formula is C20H22FNO3. The van der Waals surface area contributed by atoms with Crippen molar-refractivity contribution >= 4 is 11.8 Å². The number of nitrogens with zero attached hydrogens (tertiary/aromatic N) is 1. The van der Waals surface area contributed by atoms with E-state index < -0.39 is 11.5 Å². The predicted octanol–water partition coefficient (Wildman–Crippen LogP) is 3.66. The van der Waals surface area contributed by atoms with Gasteiger partial charge in [-0.1, -0.05) is 19.1 Å². The highest BCUT2D eigenvalue weighted by Crippen LogP contribution is 2.28. The van der Waals surface area contributed by atoms with Crippen molar-refractivity contribution in [2.24, 2.45) is 0 Å². The van der Waals surface area contributed by atoms with Crippen LogP contribution < -0.4 is 0 Å². The Bertz CT molecular complexity index is 754. The third-order valence-corrected chi connectivity index (χ3v) is 4.67. The molecule has 1 N–H and O–H groups in total. The van der Waals surface area contributed by atoms with Gasteiger partial charge in [-0.05, 0) is 68.9 Å². The molecule has 0 saturated heterocycles. The number of carboxylic acid groups (broad SMARTS) is 1. The van der Waals surface area contributed by atoms with Crippen LogP contribution in [0.25, 0.3) is 0 Å². The van der Waals surface area contributed by atoms with E-state index in [2.05, 4.69) is 0 Å². The zero-order valence-corrected chi connectivity index (χ0v) is 14.6. The van der Waals surface area contributed by atoms with Crippen LogP contribution >= 0.6 is 0 Å². The largest absolute Gasteiger partial charge is 0.478 e. The molecular weight excluding hydrogens is 321 g/mol. The zero-order chi connectivity index (χ0) is 18.6. The van der Waals surface area contributed by atoms with Gasteiger partial charge >= 0.3 is 5.97 Å². The number of hydrogen-bond donors (Lipinski definition) is 1. The lowest BCUT2D eigenvalue weighted by Gasteiger charge is -2.38. The number of ketones is 1. The molecule has 5 heteroatoms. The van der Waals surface area contributed by atoms with E-state index in [0.717, 1.165) is 5.56 Å². The van der Waals surface area contributed by atoms with Gasteiger partial charge in [0.2, 0.25) is 0 Å². The summed E-state index contributed by atoms with van der Waals surface area (Å²) in [6, 6.07) is 12.1. The molecule has 0 aliphatic heterocycles. The van der Waals surface area contributed by atoms with Crippen LogP contribution in [0.2, 0.25) is 0 Å². The summed E-state index contributed by atoms with van der Waals surface area (Å²) in [7, 11) is 3.69. The summed E-state index contributed by atoms with van der Waals surface area (Å²) in [5.41, 5.74) is 0.749. The van der Waals surface area contributed by atoms with Gasteiger partial charge < -0.3 is 5.11 Å². The first-order valence-electron chi connectivity index (χ1n) is 8.10. The highest BCUT2D eigenvalue weighted by molar-refractivity contribution is 6.03. The Balaban J connectivity index is 2.38. The molecule has 2 aromatic carbocycles. The van der Waals surface area contributed by atoms with E-state index in [1.807, 2.05) is 25.9 Å². The standard InChI is InChI=1S/C20H22FNO3/c1-4-20(22(2)3,18(23)15-9-11-17(21)12-10-15)13-14-5-7-16(8-6-14)19(24)25/h5-12H,4,13H2,1-3H3,(H,24,25). The van der Waals surface area contributed by atoms with Gasteiger partial charge in [0.05, 0.1) is 11.1 Å². The highest BCUT2D eigenvalue weighted by Gasteiger charge is 2.39. The fourth-order valence-electron chi connectivity index (χ4n) is 3.02. The van der Waals surface area contributed by atoms with E-state index in [0.29, 0.717) is 18.4 Å². The van der Waals surface area contributed by atoms with Crippen LogP contribution in [-0.4, -0.2) is 41.4 Å². The summed E-state index contributed by atoms with van der Waals surface area (Å²) in [4.78, 5) is 26.0. The zero-order valence-electron chi connectivity index (χ0n) is 14.6. The van der Waals surface area contributed by atoms with Gasteiger partial charge in [0.25, 0.3) is 0 Å². The predicted molar refractivity (Wildman–Crippen MR) is 94.5 cm³/mol.